The van der Waals surface area contributed by atoms with E-state index in [0.717, 1.165) is 30.2 Å². The van der Waals surface area contributed by atoms with Crippen LogP contribution in [0, 0.1) is 5.92 Å². The number of carbonyl (C=O) groups is 1. The summed E-state index contributed by atoms with van der Waals surface area (Å²) in [6.07, 6.45) is 1.01. The predicted molar refractivity (Wildman–Crippen MR) is 113 cm³/mol. The van der Waals surface area contributed by atoms with Gasteiger partial charge in [-0.15, -0.1) is 24.0 Å². The largest absolute Gasteiger partial charge is 0.469 e. The van der Waals surface area contributed by atoms with E-state index >= 15 is 0 Å². The highest BCUT2D eigenvalue weighted by Gasteiger charge is 2.24. The quantitative estimate of drug-likeness (QED) is 0.293. The molecule has 25 heavy (non-hydrogen) atoms. The fourth-order valence-electron chi connectivity index (χ4n) is 2.71. The van der Waals surface area contributed by atoms with Crippen molar-refractivity contribution in [3.8, 4) is 0 Å². The molecule has 140 valence electrons. The Balaban J connectivity index is 0.00000312. The van der Waals surface area contributed by atoms with Gasteiger partial charge in [-0.2, -0.15) is 0 Å². The highest BCUT2D eigenvalue weighted by Crippen LogP contribution is 2.23. The average molecular weight is 481 g/mol. The van der Waals surface area contributed by atoms with Gasteiger partial charge < -0.3 is 20.3 Å². The summed E-state index contributed by atoms with van der Waals surface area (Å²) in [5.74, 6) is 0.245. The Bertz CT molecular complexity index is 600. The van der Waals surface area contributed by atoms with Crippen molar-refractivity contribution in [2.24, 2.45) is 10.9 Å². The van der Waals surface area contributed by atoms with Crippen molar-refractivity contribution in [1.82, 2.24) is 10.6 Å². The summed E-state index contributed by atoms with van der Waals surface area (Å²) >= 11 is 6.07. The average Bonchev–Trinajstić information content (AvgIpc) is 3.06. The lowest BCUT2D eigenvalue weighted by molar-refractivity contribution is -0.144. The van der Waals surface area contributed by atoms with Crippen molar-refractivity contribution in [2.45, 2.75) is 19.4 Å². The minimum Gasteiger partial charge on any atom is -0.469 e. The standard InChI is InChI=1S/C17H25ClN4O2.HI/c1-12(16(23)24-3)10-20-17(19-2)21-14-7-8-22(11-14)15-6-4-5-13(18)9-15;/h4-6,9,12,14H,7-8,10-11H2,1-3H3,(H2,19,20,21);1H. The van der Waals surface area contributed by atoms with E-state index in [1.807, 2.05) is 25.1 Å². The van der Waals surface area contributed by atoms with Gasteiger partial charge in [0.1, 0.15) is 0 Å². The van der Waals surface area contributed by atoms with Crippen molar-refractivity contribution in [1.29, 1.82) is 0 Å². The Morgan fingerprint density at radius 2 is 2.28 bits per heavy atom. The van der Waals surface area contributed by atoms with Gasteiger partial charge in [-0.25, -0.2) is 0 Å². The first-order valence-electron chi connectivity index (χ1n) is 8.09. The summed E-state index contributed by atoms with van der Waals surface area (Å²) in [6.45, 7) is 4.15. The molecule has 2 N–H and O–H groups in total. The molecular weight excluding hydrogens is 455 g/mol. The van der Waals surface area contributed by atoms with E-state index < -0.39 is 0 Å². The highest BCUT2D eigenvalue weighted by molar-refractivity contribution is 14.0. The smallest absolute Gasteiger partial charge is 0.310 e. The van der Waals surface area contributed by atoms with Crippen LogP contribution < -0.4 is 15.5 Å². The zero-order chi connectivity index (χ0) is 17.5. The van der Waals surface area contributed by atoms with Crippen LogP contribution in [0.2, 0.25) is 5.02 Å². The zero-order valence-electron chi connectivity index (χ0n) is 14.8. The Morgan fingerprint density at radius 1 is 1.52 bits per heavy atom. The maximum absolute atomic E-state index is 11.4. The van der Waals surface area contributed by atoms with Gasteiger partial charge in [0.2, 0.25) is 0 Å². The van der Waals surface area contributed by atoms with E-state index in [4.69, 9.17) is 16.3 Å². The topological polar surface area (TPSA) is 66.0 Å². The van der Waals surface area contributed by atoms with Gasteiger partial charge in [0.25, 0.3) is 0 Å². The monoisotopic (exact) mass is 480 g/mol. The number of methoxy groups -OCH3 is 1. The van der Waals surface area contributed by atoms with E-state index in [2.05, 4.69) is 26.6 Å². The summed E-state index contributed by atoms with van der Waals surface area (Å²) in [5, 5.41) is 7.33. The van der Waals surface area contributed by atoms with E-state index in [9.17, 15) is 4.79 Å². The molecule has 2 rings (SSSR count). The number of rotatable bonds is 5. The molecule has 1 saturated heterocycles. The number of ether oxygens (including phenoxy) is 1. The second-order valence-corrected chi connectivity index (χ2v) is 6.37. The summed E-state index contributed by atoms with van der Waals surface area (Å²) in [5.41, 5.74) is 1.13. The van der Waals surface area contributed by atoms with Crippen LogP contribution >= 0.6 is 35.6 Å². The Kier molecular flexibility index (Phi) is 9.34. The molecular formula is C17H26ClIN4O2. The SMILES string of the molecule is CN=C(NCC(C)C(=O)OC)NC1CCN(c2cccc(Cl)c2)C1.I. The molecule has 0 saturated carbocycles. The molecule has 1 heterocycles. The van der Waals surface area contributed by atoms with E-state index in [-0.39, 0.29) is 35.9 Å². The second kappa shape index (κ2) is 10.7. The van der Waals surface area contributed by atoms with Crippen LogP contribution in [0.5, 0.6) is 0 Å². The van der Waals surface area contributed by atoms with Gasteiger partial charge in [-0.1, -0.05) is 24.6 Å². The molecule has 0 amide bonds. The number of benzene rings is 1. The number of hydrogen-bond donors (Lipinski definition) is 2. The van der Waals surface area contributed by atoms with Gasteiger partial charge in [0.15, 0.2) is 5.96 Å². The molecule has 0 radical (unpaired) electrons. The van der Waals surface area contributed by atoms with Crippen LogP contribution in [0.25, 0.3) is 0 Å². The molecule has 0 aromatic heterocycles. The molecule has 1 aliphatic heterocycles. The lowest BCUT2D eigenvalue weighted by atomic mass is 10.2. The fourth-order valence-corrected chi connectivity index (χ4v) is 2.89. The van der Waals surface area contributed by atoms with Crippen molar-refractivity contribution >= 4 is 53.2 Å². The number of anilines is 1. The first-order valence-corrected chi connectivity index (χ1v) is 8.46. The van der Waals surface area contributed by atoms with Crippen LogP contribution in [-0.2, 0) is 9.53 Å². The van der Waals surface area contributed by atoms with Crippen LogP contribution in [-0.4, -0.2) is 51.8 Å². The summed E-state index contributed by atoms with van der Waals surface area (Å²) < 4.78 is 4.73. The zero-order valence-corrected chi connectivity index (χ0v) is 17.9. The van der Waals surface area contributed by atoms with E-state index in [0.29, 0.717) is 18.5 Å². The maximum atomic E-state index is 11.4. The van der Waals surface area contributed by atoms with Crippen molar-refractivity contribution in [3.63, 3.8) is 0 Å². The van der Waals surface area contributed by atoms with Crippen molar-refractivity contribution in [2.75, 3.05) is 38.7 Å². The molecule has 6 nitrogen and oxygen atoms in total. The highest BCUT2D eigenvalue weighted by atomic mass is 127. The molecule has 1 aliphatic rings. The molecule has 1 aromatic carbocycles. The number of nitrogens with zero attached hydrogens (tertiary/aromatic N) is 2. The number of carbonyl (C=O) groups excluding carboxylic acids is 1. The van der Waals surface area contributed by atoms with Crippen LogP contribution in [0.1, 0.15) is 13.3 Å². The Morgan fingerprint density at radius 3 is 2.92 bits per heavy atom. The third kappa shape index (κ3) is 6.54. The first-order chi connectivity index (χ1) is 11.5. The lowest BCUT2D eigenvalue weighted by Gasteiger charge is -2.21. The molecule has 8 heteroatoms. The number of halogens is 2. The molecule has 2 atom stereocenters. The minimum absolute atomic E-state index is 0. The third-order valence-electron chi connectivity index (χ3n) is 4.11. The first kappa shape index (κ1) is 21.8. The van der Waals surface area contributed by atoms with Gasteiger partial charge in [0.05, 0.1) is 13.0 Å². The van der Waals surface area contributed by atoms with Crippen molar-refractivity contribution < 1.29 is 9.53 Å². The van der Waals surface area contributed by atoms with Crippen LogP contribution in [0.4, 0.5) is 5.69 Å². The summed E-state index contributed by atoms with van der Waals surface area (Å²) in [6, 6.07) is 8.19. The number of hydrogen-bond acceptors (Lipinski definition) is 4. The van der Waals surface area contributed by atoms with Gasteiger partial charge in [-0.3, -0.25) is 9.79 Å². The van der Waals surface area contributed by atoms with Gasteiger partial charge in [0, 0.05) is 43.4 Å². The predicted octanol–water partition coefficient (Wildman–Crippen LogP) is 2.51. The molecule has 0 bridgehead atoms. The normalized spacial score (nSPS) is 18.3. The van der Waals surface area contributed by atoms with Crippen LogP contribution in [0.15, 0.2) is 29.3 Å². The Labute approximate surface area is 171 Å². The van der Waals surface area contributed by atoms with Gasteiger partial charge in [-0.05, 0) is 24.6 Å². The van der Waals surface area contributed by atoms with E-state index in [1.165, 1.54) is 7.11 Å². The Hall–Kier alpha value is -1.22. The fraction of sp³-hybridized carbons (Fsp3) is 0.529. The summed E-state index contributed by atoms with van der Waals surface area (Å²) in [7, 11) is 3.12. The number of nitrogens with one attached hydrogen (secondary N) is 2. The number of aliphatic imine (C=N–C) groups is 1. The molecule has 0 aliphatic carbocycles. The molecule has 0 spiro atoms. The number of guanidine groups is 1. The second-order valence-electron chi connectivity index (χ2n) is 5.93. The van der Waals surface area contributed by atoms with Crippen LogP contribution in [0.3, 0.4) is 0 Å². The minimum atomic E-state index is -0.231. The molecule has 1 aromatic rings. The molecule has 2 unspecified atom stereocenters. The van der Waals surface area contributed by atoms with Gasteiger partial charge >= 0.3 is 5.97 Å². The maximum Gasteiger partial charge on any atom is 0.310 e. The number of esters is 1. The summed E-state index contributed by atoms with van der Waals surface area (Å²) in [4.78, 5) is 18.0. The lowest BCUT2D eigenvalue weighted by Crippen LogP contribution is -2.46. The van der Waals surface area contributed by atoms with E-state index in [1.54, 1.807) is 7.05 Å². The van der Waals surface area contributed by atoms with Crippen molar-refractivity contribution in [3.05, 3.63) is 29.3 Å². The molecule has 1 fully saturated rings. The third-order valence-corrected chi connectivity index (χ3v) is 4.34.